The summed E-state index contributed by atoms with van der Waals surface area (Å²) >= 11 is 0.842. The first-order chi connectivity index (χ1) is 15.3. The standard InChI is InChI=1S/C24H29N3O4S/c1-6-25(7-2)19-9-11-20(12-10-19)27-16(4)13-18(17(27)5)14-21-23(29)26(24(30)32-21)15-22(28)31-8-3/h9-14H,6-8,15H2,1-5H3/b21-14+. The molecule has 170 valence electrons. The van der Waals surface area contributed by atoms with Crippen LogP contribution in [0.3, 0.4) is 0 Å². The lowest BCUT2D eigenvalue weighted by molar-refractivity contribution is -0.145. The Labute approximate surface area is 193 Å². The van der Waals surface area contributed by atoms with Crippen molar-refractivity contribution in [2.24, 2.45) is 0 Å². The van der Waals surface area contributed by atoms with Gasteiger partial charge in [0.1, 0.15) is 6.54 Å². The Kier molecular flexibility index (Phi) is 7.45. The van der Waals surface area contributed by atoms with Crippen molar-refractivity contribution in [2.45, 2.75) is 34.6 Å². The summed E-state index contributed by atoms with van der Waals surface area (Å²) in [6.45, 7) is 11.7. The van der Waals surface area contributed by atoms with Gasteiger partial charge in [-0.15, -0.1) is 0 Å². The molecule has 3 rings (SSSR count). The maximum atomic E-state index is 12.7. The number of nitrogens with zero attached hydrogens (tertiary/aromatic N) is 3. The Morgan fingerprint density at radius 1 is 1.09 bits per heavy atom. The molecule has 1 aliphatic rings. The highest BCUT2D eigenvalue weighted by atomic mass is 32.2. The molecule has 0 bridgehead atoms. The predicted molar refractivity (Wildman–Crippen MR) is 128 cm³/mol. The van der Waals surface area contributed by atoms with Crippen molar-refractivity contribution >= 4 is 40.6 Å². The average molecular weight is 456 g/mol. The number of benzene rings is 1. The third-order valence-electron chi connectivity index (χ3n) is 5.46. The van der Waals surface area contributed by atoms with Crippen LogP contribution in [0.15, 0.2) is 35.2 Å². The first-order valence-electron chi connectivity index (χ1n) is 10.8. The number of carbonyl (C=O) groups excluding carboxylic acids is 3. The van der Waals surface area contributed by atoms with E-state index in [1.807, 2.05) is 19.9 Å². The number of ether oxygens (including phenoxy) is 1. The summed E-state index contributed by atoms with van der Waals surface area (Å²) in [5.41, 5.74) is 5.06. The smallest absolute Gasteiger partial charge is 0.326 e. The van der Waals surface area contributed by atoms with Gasteiger partial charge in [0.2, 0.25) is 0 Å². The van der Waals surface area contributed by atoms with Crippen molar-refractivity contribution in [1.29, 1.82) is 0 Å². The summed E-state index contributed by atoms with van der Waals surface area (Å²) in [5.74, 6) is -1.07. The van der Waals surface area contributed by atoms with Crippen molar-refractivity contribution in [3.05, 3.63) is 52.2 Å². The summed E-state index contributed by atoms with van der Waals surface area (Å²) in [6, 6.07) is 10.4. The monoisotopic (exact) mass is 455 g/mol. The van der Waals surface area contributed by atoms with Gasteiger partial charge in [0, 0.05) is 35.9 Å². The van der Waals surface area contributed by atoms with E-state index in [-0.39, 0.29) is 13.2 Å². The van der Waals surface area contributed by atoms with Crippen LogP contribution in [0.1, 0.15) is 37.7 Å². The van der Waals surface area contributed by atoms with E-state index >= 15 is 0 Å². The largest absolute Gasteiger partial charge is 0.465 e. The molecule has 8 heteroatoms. The lowest BCUT2D eigenvalue weighted by atomic mass is 10.2. The number of hydrogen-bond acceptors (Lipinski definition) is 6. The Balaban J connectivity index is 1.86. The van der Waals surface area contributed by atoms with E-state index in [1.54, 1.807) is 13.0 Å². The first kappa shape index (κ1) is 23.7. The second-order valence-electron chi connectivity index (χ2n) is 7.42. The Hall–Kier alpha value is -3.00. The Morgan fingerprint density at radius 2 is 1.75 bits per heavy atom. The molecule has 0 spiro atoms. The molecular formula is C24H29N3O4S. The summed E-state index contributed by atoms with van der Waals surface area (Å²) in [5, 5.41) is -0.463. The Bertz CT molecular complexity index is 1050. The first-order valence-corrected chi connectivity index (χ1v) is 11.6. The van der Waals surface area contributed by atoms with Crippen LogP contribution in [-0.4, -0.2) is 52.8 Å². The molecule has 2 aromatic rings. The van der Waals surface area contributed by atoms with E-state index in [9.17, 15) is 14.4 Å². The summed E-state index contributed by atoms with van der Waals surface area (Å²) < 4.78 is 6.98. The van der Waals surface area contributed by atoms with Crippen LogP contribution >= 0.6 is 11.8 Å². The summed E-state index contributed by atoms with van der Waals surface area (Å²) in [4.78, 5) is 40.2. The zero-order valence-electron chi connectivity index (χ0n) is 19.2. The SMILES string of the molecule is CCOC(=O)CN1C(=O)S/C(=C/c2cc(C)n(-c3ccc(N(CC)CC)cc3)c2C)C1=O. The van der Waals surface area contributed by atoms with Gasteiger partial charge in [-0.3, -0.25) is 19.3 Å². The van der Waals surface area contributed by atoms with Crippen LogP contribution in [0.2, 0.25) is 0 Å². The molecule has 1 aromatic heterocycles. The van der Waals surface area contributed by atoms with Crippen molar-refractivity contribution in [1.82, 2.24) is 9.47 Å². The molecule has 0 aliphatic carbocycles. The molecule has 0 radical (unpaired) electrons. The molecule has 1 aliphatic heterocycles. The van der Waals surface area contributed by atoms with Gasteiger partial charge in [-0.2, -0.15) is 0 Å². The number of rotatable bonds is 8. The normalized spacial score (nSPS) is 15.0. The zero-order chi connectivity index (χ0) is 23.4. The molecule has 1 aromatic carbocycles. The lowest BCUT2D eigenvalue weighted by Gasteiger charge is -2.21. The number of amides is 2. The predicted octanol–water partition coefficient (Wildman–Crippen LogP) is 4.54. The number of anilines is 1. The molecule has 0 saturated carbocycles. The number of imide groups is 1. The van der Waals surface area contributed by atoms with Crippen molar-refractivity contribution in [3.63, 3.8) is 0 Å². The second kappa shape index (κ2) is 10.1. The minimum Gasteiger partial charge on any atom is -0.465 e. The quantitative estimate of drug-likeness (QED) is 0.430. The van der Waals surface area contributed by atoms with Crippen molar-refractivity contribution in [3.8, 4) is 5.69 Å². The van der Waals surface area contributed by atoms with E-state index in [2.05, 4.69) is 47.6 Å². The van der Waals surface area contributed by atoms with E-state index in [1.165, 1.54) is 5.69 Å². The van der Waals surface area contributed by atoms with Crippen LogP contribution in [0.4, 0.5) is 10.5 Å². The number of thioether (sulfide) groups is 1. The van der Waals surface area contributed by atoms with Gasteiger partial charge in [0.05, 0.1) is 11.5 Å². The highest BCUT2D eigenvalue weighted by molar-refractivity contribution is 8.18. The van der Waals surface area contributed by atoms with Crippen LogP contribution < -0.4 is 4.90 Å². The topological polar surface area (TPSA) is 71.8 Å². The lowest BCUT2D eigenvalue weighted by Crippen LogP contribution is -2.34. The van der Waals surface area contributed by atoms with E-state index in [4.69, 9.17) is 4.74 Å². The van der Waals surface area contributed by atoms with E-state index in [0.29, 0.717) is 4.91 Å². The molecule has 1 saturated heterocycles. The number of aryl methyl sites for hydroxylation is 1. The molecule has 7 nitrogen and oxygen atoms in total. The van der Waals surface area contributed by atoms with Gasteiger partial charge in [-0.05, 0) is 88.4 Å². The maximum absolute atomic E-state index is 12.7. The second-order valence-corrected chi connectivity index (χ2v) is 8.42. The zero-order valence-corrected chi connectivity index (χ0v) is 20.0. The fourth-order valence-electron chi connectivity index (χ4n) is 3.85. The third-order valence-corrected chi connectivity index (χ3v) is 6.37. The van der Waals surface area contributed by atoms with Crippen LogP contribution in [0.5, 0.6) is 0 Å². The Morgan fingerprint density at radius 3 is 2.34 bits per heavy atom. The average Bonchev–Trinajstić information content (AvgIpc) is 3.19. The van der Waals surface area contributed by atoms with Gasteiger partial charge in [0.15, 0.2) is 0 Å². The molecule has 1 fully saturated rings. The summed E-state index contributed by atoms with van der Waals surface area (Å²) in [6.07, 6.45) is 1.72. The van der Waals surface area contributed by atoms with E-state index < -0.39 is 17.1 Å². The minimum atomic E-state index is -0.595. The third kappa shape index (κ3) is 4.75. The van der Waals surface area contributed by atoms with Gasteiger partial charge >= 0.3 is 5.97 Å². The highest BCUT2D eigenvalue weighted by Gasteiger charge is 2.36. The van der Waals surface area contributed by atoms with Crippen LogP contribution in [0, 0.1) is 13.8 Å². The number of carbonyl (C=O) groups is 3. The highest BCUT2D eigenvalue weighted by Crippen LogP contribution is 2.34. The number of hydrogen-bond donors (Lipinski definition) is 0. The number of aromatic nitrogens is 1. The molecule has 0 atom stereocenters. The number of esters is 1. The van der Waals surface area contributed by atoms with Gasteiger partial charge < -0.3 is 14.2 Å². The van der Waals surface area contributed by atoms with Crippen molar-refractivity contribution < 1.29 is 19.1 Å². The van der Waals surface area contributed by atoms with Gasteiger partial charge in [-0.25, -0.2) is 0 Å². The molecule has 2 amide bonds. The van der Waals surface area contributed by atoms with Crippen LogP contribution in [-0.2, 0) is 14.3 Å². The fourth-order valence-corrected chi connectivity index (χ4v) is 4.67. The fraction of sp³-hybridized carbons (Fsp3) is 0.375. The van der Waals surface area contributed by atoms with Crippen molar-refractivity contribution in [2.75, 3.05) is 31.1 Å². The van der Waals surface area contributed by atoms with Crippen LogP contribution in [0.25, 0.3) is 11.8 Å². The molecular weight excluding hydrogens is 426 g/mol. The molecule has 2 heterocycles. The molecule has 0 N–H and O–H groups in total. The maximum Gasteiger partial charge on any atom is 0.326 e. The minimum absolute atomic E-state index is 0.201. The van der Waals surface area contributed by atoms with E-state index in [0.717, 1.165) is 52.4 Å². The molecule has 0 unspecified atom stereocenters. The summed E-state index contributed by atoms with van der Waals surface area (Å²) in [7, 11) is 0. The van der Waals surface area contributed by atoms with Gasteiger partial charge in [-0.1, -0.05) is 0 Å². The van der Waals surface area contributed by atoms with Gasteiger partial charge in [0.25, 0.3) is 11.1 Å². The molecule has 32 heavy (non-hydrogen) atoms.